The van der Waals surface area contributed by atoms with Crippen LogP contribution in [0, 0.1) is 11.7 Å². The van der Waals surface area contributed by atoms with E-state index in [2.05, 4.69) is 21.3 Å². The number of rotatable bonds is 19. The number of aromatic nitrogens is 2. The average molecular weight is 930 g/mol. The Hall–Kier alpha value is -7.42. The van der Waals surface area contributed by atoms with Gasteiger partial charge in [0, 0.05) is 22.6 Å². The van der Waals surface area contributed by atoms with Crippen LogP contribution in [0.25, 0.3) is 22.3 Å². The van der Waals surface area contributed by atoms with Gasteiger partial charge in [-0.1, -0.05) is 58.0 Å². The van der Waals surface area contributed by atoms with Crippen molar-refractivity contribution in [2.45, 2.75) is 84.9 Å². The molecule has 2 aliphatic heterocycles. The van der Waals surface area contributed by atoms with Crippen LogP contribution in [0.5, 0.6) is 5.75 Å². The zero-order valence-electron chi connectivity index (χ0n) is 37.5. The molecule has 4 aromatic rings. The lowest BCUT2D eigenvalue weighted by molar-refractivity contribution is -0.172. The molecule has 5 amide bonds. The lowest BCUT2D eigenvalue weighted by Crippen LogP contribution is -2.56. The van der Waals surface area contributed by atoms with E-state index in [0.717, 1.165) is 11.1 Å². The number of ether oxygens (including phenoxy) is 3. The highest BCUT2D eigenvalue weighted by molar-refractivity contribution is 5.94. The summed E-state index contributed by atoms with van der Waals surface area (Å²) in [4.78, 5) is 107. The fourth-order valence-electron chi connectivity index (χ4n) is 7.87. The van der Waals surface area contributed by atoms with Gasteiger partial charge in [-0.05, 0) is 48.9 Å². The first kappa shape index (κ1) is 49.0. The van der Waals surface area contributed by atoms with Crippen LogP contribution in [0.2, 0.25) is 0 Å². The maximum Gasteiger partial charge on any atom is 0.411 e. The van der Waals surface area contributed by atoms with Gasteiger partial charge in [0.15, 0.2) is 17.2 Å². The monoisotopic (exact) mass is 929 g/mol. The zero-order chi connectivity index (χ0) is 48.7. The number of aryl methyl sites for hydroxylation is 1. The highest BCUT2D eigenvalue weighted by atomic mass is 19.1. The van der Waals surface area contributed by atoms with Crippen LogP contribution in [-0.2, 0) is 70.0 Å². The molecule has 356 valence electrons. The summed E-state index contributed by atoms with van der Waals surface area (Å²) < 4.78 is 33.0. The number of hydrogen-bond acceptors (Lipinski definition) is 13. The number of carbonyl (C=O) groups is 7. The van der Waals surface area contributed by atoms with Gasteiger partial charge in [-0.2, -0.15) is 0 Å². The smallest absolute Gasteiger partial charge is 0.411 e. The van der Waals surface area contributed by atoms with Gasteiger partial charge in [-0.15, -0.1) is 0 Å². The Bertz CT molecular complexity index is 2670. The van der Waals surface area contributed by atoms with Crippen molar-refractivity contribution in [3.63, 3.8) is 0 Å². The molecular formula is C46H52FN7O13. The lowest BCUT2D eigenvalue weighted by Gasteiger charge is -2.31. The first-order chi connectivity index (χ1) is 31.9. The summed E-state index contributed by atoms with van der Waals surface area (Å²) in [6, 6.07) is 10.5. The van der Waals surface area contributed by atoms with Gasteiger partial charge in [-0.25, -0.2) is 19.0 Å². The van der Waals surface area contributed by atoms with Crippen molar-refractivity contribution in [1.29, 1.82) is 0 Å². The molecule has 67 heavy (non-hydrogen) atoms. The number of carboxylic acid groups (broad SMARTS) is 1. The molecule has 21 heteroatoms. The molecule has 0 unspecified atom stereocenters. The van der Waals surface area contributed by atoms with Crippen LogP contribution in [0.4, 0.5) is 9.18 Å². The van der Waals surface area contributed by atoms with Crippen molar-refractivity contribution in [2.75, 3.05) is 32.8 Å². The summed E-state index contributed by atoms with van der Waals surface area (Å²) in [5.74, 6) is -6.55. The van der Waals surface area contributed by atoms with E-state index in [1.165, 1.54) is 23.6 Å². The largest absolute Gasteiger partial charge is 0.489 e. The Balaban J connectivity index is 0.989. The molecular weight excluding hydrogens is 878 g/mol. The van der Waals surface area contributed by atoms with E-state index in [-0.39, 0.29) is 56.2 Å². The number of cyclic esters (lactones) is 1. The number of aliphatic hydroxyl groups is 1. The fraction of sp³-hybridized carbons (Fsp3) is 0.413. The number of pyridine rings is 2. The highest BCUT2D eigenvalue weighted by Gasteiger charge is 2.45. The number of hydrogen-bond donors (Lipinski definition) is 6. The number of benzene rings is 2. The maximum atomic E-state index is 15.5. The number of carbonyl (C=O) groups excluding carboxylic acids is 6. The molecule has 3 atom stereocenters. The number of fused-ring (bicyclic) bond motifs is 5. The van der Waals surface area contributed by atoms with Crippen LogP contribution < -0.4 is 31.6 Å². The van der Waals surface area contributed by atoms with Gasteiger partial charge in [-0.3, -0.25) is 33.7 Å². The van der Waals surface area contributed by atoms with E-state index in [4.69, 9.17) is 19.2 Å². The fourth-order valence-corrected chi connectivity index (χ4v) is 7.87. The minimum atomic E-state index is -1.99. The first-order valence-corrected chi connectivity index (χ1v) is 21.6. The molecule has 2 aromatic heterocycles. The van der Waals surface area contributed by atoms with E-state index in [1.807, 2.05) is 6.92 Å². The second kappa shape index (κ2) is 20.8. The molecule has 6 N–H and O–H groups in total. The number of carboxylic acids is 1. The van der Waals surface area contributed by atoms with Crippen LogP contribution >= 0.6 is 0 Å². The number of amides is 5. The predicted molar refractivity (Wildman–Crippen MR) is 236 cm³/mol. The number of nitrogens with one attached hydrogen (secondary N) is 4. The zero-order valence-corrected chi connectivity index (χ0v) is 37.5. The minimum Gasteiger partial charge on any atom is -0.489 e. The third kappa shape index (κ3) is 10.8. The summed E-state index contributed by atoms with van der Waals surface area (Å²) in [6.07, 6.45) is -0.585. The van der Waals surface area contributed by atoms with Crippen LogP contribution in [0.3, 0.4) is 0 Å². The van der Waals surface area contributed by atoms with E-state index in [9.17, 15) is 48.6 Å². The SMILES string of the molecule is CCc1c2c(nc3cc(F)c(OCCNC(=O)CNC(=O)[C@H](C)NC(=O)[C@@H](NC(=O)CN(CC(=O)O)C(=O)OCc4ccccc4)C(C)C)cc13)-c1cc3c(c(=O)n1C2)COC(=O)[C@]3(O)CC. The predicted octanol–water partition coefficient (Wildman–Crippen LogP) is 1.76. The van der Waals surface area contributed by atoms with Gasteiger partial charge >= 0.3 is 18.0 Å². The number of nitrogens with zero attached hydrogens (tertiary/aromatic N) is 3. The molecule has 4 heterocycles. The molecule has 2 aliphatic rings. The van der Waals surface area contributed by atoms with E-state index >= 15 is 4.39 Å². The molecule has 6 rings (SSSR count). The third-order valence-electron chi connectivity index (χ3n) is 11.5. The first-order valence-electron chi connectivity index (χ1n) is 21.6. The Morgan fingerprint density at radius 3 is 2.36 bits per heavy atom. The van der Waals surface area contributed by atoms with Crippen molar-refractivity contribution < 1.29 is 62.4 Å². The lowest BCUT2D eigenvalue weighted by atomic mass is 9.86. The summed E-state index contributed by atoms with van der Waals surface area (Å²) in [7, 11) is 0. The van der Waals surface area contributed by atoms with E-state index in [1.54, 1.807) is 57.2 Å². The van der Waals surface area contributed by atoms with Gasteiger partial charge in [0.2, 0.25) is 23.6 Å². The van der Waals surface area contributed by atoms with Crippen molar-refractivity contribution in [1.82, 2.24) is 35.7 Å². The van der Waals surface area contributed by atoms with Crippen molar-refractivity contribution in [3.05, 3.63) is 92.5 Å². The molecule has 0 radical (unpaired) electrons. The van der Waals surface area contributed by atoms with Gasteiger partial charge in [0.05, 0.1) is 42.1 Å². The Morgan fingerprint density at radius 2 is 1.69 bits per heavy atom. The number of halogens is 1. The molecule has 0 aliphatic carbocycles. The van der Waals surface area contributed by atoms with E-state index in [0.29, 0.717) is 39.2 Å². The second-order valence-corrected chi connectivity index (χ2v) is 16.4. The Kier molecular flexibility index (Phi) is 15.2. The Morgan fingerprint density at radius 1 is 0.955 bits per heavy atom. The molecule has 20 nitrogen and oxygen atoms in total. The van der Waals surface area contributed by atoms with Gasteiger partial charge < -0.3 is 50.3 Å². The highest BCUT2D eigenvalue weighted by Crippen LogP contribution is 2.41. The molecule has 0 saturated heterocycles. The quantitative estimate of drug-likeness (QED) is 0.0509. The normalized spacial score (nSPS) is 15.6. The number of esters is 1. The van der Waals surface area contributed by atoms with Gasteiger partial charge in [0.1, 0.15) is 45.0 Å². The van der Waals surface area contributed by atoms with Crippen LogP contribution in [0.15, 0.2) is 53.3 Å². The molecule has 2 aromatic carbocycles. The third-order valence-corrected chi connectivity index (χ3v) is 11.5. The summed E-state index contributed by atoms with van der Waals surface area (Å²) in [5.41, 5.74) is 1.22. The topological polar surface area (TPSA) is 274 Å². The molecule has 0 saturated carbocycles. The summed E-state index contributed by atoms with van der Waals surface area (Å²) in [6.45, 7) is 5.54. The Labute approximate surface area is 383 Å². The molecule has 0 bridgehead atoms. The summed E-state index contributed by atoms with van der Waals surface area (Å²) in [5, 5.41) is 31.0. The maximum absolute atomic E-state index is 15.5. The minimum absolute atomic E-state index is 0.0126. The standard InChI is InChI=1S/C46H52FN7O13/c1-6-27-28-15-35(32(47)17-33(28)51-40-29(27)19-54-34(40)16-31-30(43(54)61)23-66-44(62)46(31,64)7-2)65-14-13-48-36(55)18-49-41(59)25(5)50-42(60)39(24(3)4)52-37(56)20-53(21-38(57)58)45(63)67-22-26-11-9-8-10-12-26/h8-12,15-17,24-25,39,64H,6-7,13-14,18-23H2,1-5H3,(H,48,55)(H,49,59)(H,50,60)(H,52,56)(H,57,58)/t25-,39-,46-/m0/s1. The van der Waals surface area contributed by atoms with Crippen molar-refractivity contribution in [3.8, 4) is 17.1 Å². The van der Waals surface area contributed by atoms with E-state index < -0.39 is 96.3 Å². The van der Waals surface area contributed by atoms with Crippen molar-refractivity contribution in [2.24, 2.45) is 5.92 Å². The van der Waals surface area contributed by atoms with Crippen LogP contribution in [-0.4, -0.2) is 111 Å². The summed E-state index contributed by atoms with van der Waals surface area (Å²) >= 11 is 0. The number of aliphatic carboxylic acids is 1. The molecule has 0 spiro atoms. The average Bonchev–Trinajstić information content (AvgIpc) is 3.66. The molecule has 0 fully saturated rings. The van der Waals surface area contributed by atoms with Gasteiger partial charge in [0.25, 0.3) is 5.56 Å². The van der Waals surface area contributed by atoms with Crippen LogP contribution in [0.1, 0.15) is 68.9 Å². The van der Waals surface area contributed by atoms with Crippen molar-refractivity contribution >= 4 is 52.6 Å². The second-order valence-electron chi connectivity index (χ2n) is 16.4.